The summed E-state index contributed by atoms with van der Waals surface area (Å²) in [7, 11) is -1.71. The van der Waals surface area contributed by atoms with Crippen LogP contribution in [0.15, 0.2) is 11.1 Å². The van der Waals surface area contributed by atoms with Crippen molar-refractivity contribution in [3.05, 3.63) is 11.9 Å². The number of aryl methyl sites for hydroxylation is 1. The molecule has 1 fully saturated rings. The molecule has 0 aliphatic carbocycles. The maximum atomic E-state index is 12.1. The van der Waals surface area contributed by atoms with Crippen molar-refractivity contribution in [1.29, 1.82) is 0 Å². The molecule has 1 unspecified atom stereocenters. The number of hydrogen-bond donors (Lipinski definition) is 2. The zero-order valence-electron chi connectivity index (χ0n) is 10.5. The van der Waals surface area contributed by atoms with Crippen molar-refractivity contribution in [3.8, 4) is 0 Å². The molecule has 0 radical (unpaired) electrons. The Balaban J connectivity index is 0.00000162. The maximum absolute atomic E-state index is 12.1. The van der Waals surface area contributed by atoms with E-state index in [0.29, 0.717) is 12.2 Å². The second-order valence-electron chi connectivity index (χ2n) is 4.38. The van der Waals surface area contributed by atoms with Gasteiger partial charge in [-0.15, -0.1) is 12.4 Å². The molecule has 1 aromatic heterocycles. The minimum atomic E-state index is -3.44. The predicted molar refractivity (Wildman–Crippen MR) is 71.4 cm³/mol. The van der Waals surface area contributed by atoms with Gasteiger partial charge in [0.1, 0.15) is 4.90 Å². The van der Waals surface area contributed by atoms with E-state index in [1.807, 2.05) is 0 Å². The van der Waals surface area contributed by atoms with Crippen molar-refractivity contribution < 1.29 is 8.42 Å². The Labute approximate surface area is 114 Å². The monoisotopic (exact) mass is 294 g/mol. The lowest BCUT2D eigenvalue weighted by Crippen LogP contribution is -2.45. The van der Waals surface area contributed by atoms with Crippen molar-refractivity contribution >= 4 is 22.4 Å². The number of nitrogens with zero attached hydrogens (tertiary/aromatic N) is 2. The maximum Gasteiger partial charge on any atom is 0.244 e. The van der Waals surface area contributed by atoms with Gasteiger partial charge in [0, 0.05) is 19.6 Å². The van der Waals surface area contributed by atoms with Crippen LogP contribution in [0.2, 0.25) is 0 Å². The summed E-state index contributed by atoms with van der Waals surface area (Å²) >= 11 is 0. The summed E-state index contributed by atoms with van der Waals surface area (Å²) in [6.45, 7) is 3.41. The third kappa shape index (κ3) is 3.23. The Kier molecular flexibility index (Phi) is 5.15. The number of aromatic nitrogens is 2. The molecule has 0 bridgehead atoms. The third-order valence-corrected chi connectivity index (χ3v) is 4.72. The van der Waals surface area contributed by atoms with Gasteiger partial charge in [-0.2, -0.15) is 5.10 Å². The van der Waals surface area contributed by atoms with Gasteiger partial charge < -0.3 is 5.32 Å². The molecular weight excluding hydrogens is 276 g/mol. The van der Waals surface area contributed by atoms with Gasteiger partial charge in [0.2, 0.25) is 10.0 Å². The number of rotatable bonds is 3. The number of sulfonamides is 1. The quantitative estimate of drug-likeness (QED) is 0.834. The fourth-order valence-corrected chi connectivity index (χ4v) is 3.45. The molecule has 1 atom stereocenters. The summed E-state index contributed by atoms with van der Waals surface area (Å²) in [6.07, 6.45) is 3.28. The van der Waals surface area contributed by atoms with E-state index in [1.165, 1.54) is 6.20 Å². The van der Waals surface area contributed by atoms with Gasteiger partial charge in [0.15, 0.2) is 0 Å². The second kappa shape index (κ2) is 6.01. The number of nitrogens with one attached hydrogen (secondary N) is 2. The first-order valence-electron chi connectivity index (χ1n) is 5.72. The minimum Gasteiger partial charge on any atom is -0.315 e. The molecule has 1 aromatic rings. The summed E-state index contributed by atoms with van der Waals surface area (Å²) in [5.74, 6) is 0. The second-order valence-corrected chi connectivity index (χ2v) is 6.06. The van der Waals surface area contributed by atoms with Crippen LogP contribution in [0.1, 0.15) is 18.5 Å². The normalized spacial score (nSPS) is 20.4. The summed E-state index contributed by atoms with van der Waals surface area (Å²) in [6, 6.07) is -0.0200. The Morgan fingerprint density at radius 2 is 2.28 bits per heavy atom. The molecule has 18 heavy (non-hydrogen) atoms. The highest BCUT2D eigenvalue weighted by Gasteiger charge is 2.24. The summed E-state index contributed by atoms with van der Waals surface area (Å²) in [5, 5.41) is 7.14. The molecule has 1 aliphatic heterocycles. The Morgan fingerprint density at radius 3 is 2.78 bits per heavy atom. The molecular formula is C10H19ClN4O2S. The molecule has 8 heteroatoms. The van der Waals surface area contributed by atoms with E-state index in [4.69, 9.17) is 0 Å². The Morgan fingerprint density at radius 1 is 1.56 bits per heavy atom. The minimum absolute atomic E-state index is 0. The smallest absolute Gasteiger partial charge is 0.244 e. The fraction of sp³-hybridized carbons (Fsp3) is 0.700. The standard InChI is InChI=1S/C10H18N4O2S.ClH/c1-8-10(7-12-14(8)2)17(15,16)13-9-4-3-5-11-6-9;/h7,9,11,13H,3-6H2,1-2H3;1H. The lowest BCUT2D eigenvalue weighted by atomic mass is 10.1. The van der Waals surface area contributed by atoms with E-state index in [0.717, 1.165) is 19.4 Å². The molecule has 2 rings (SSSR count). The molecule has 2 N–H and O–H groups in total. The Hall–Kier alpha value is -0.630. The molecule has 0 spiro atoms. The number of hydrogen-bond acceptors (Lipinski definition) is 4. The summed E-state index contributed by atoms with van der Waals surface area (Å²) in [4.78, 5) is 0.269. The first-order valence-corrected chi connectivity index (χ1v) is 7.20. The molecule has 1 aliphatic rings. The van der Waals surface area contributed by atoms with Crippen LogP contribution in [0.3, 0.4) is 0 Å². The molecule has 104 valence electrons. The topological polar surface area (TPSA) is 76.0 Å². The lowest BCUT2D eigenvalue weighted by Gasteiger charge is -2.23. The van der Waals surface area contributed by atoms with Gasteiger partial charge in [-0.25, -0.2) is 13.1 Å². The van der Waals surface area contributed by atoms with Crippen molar-refractivity contribution in [2.75, 3.05) is 13.1 Å². The van der Waals surface area contributed by atoms with Crippen LogP contribution >= 0.6 is 12.4 Å². The van der Waals surface area contributed by atoms with Crippen LogP contribution < -0.4 is 10.0 Å². The molecule has 0 amide bonds. The number of halogens is 1. The van der Waals surface area contributed by atoms with Gasteiger partial charge in [-0.05, 0) is 26.3 Å². The van der Waals surface area contributed by atoms with Gasteiger partial charge in [0.25, 0.3) is 0 Å². The van der Waals surface area contributed by atoms with Crippen molar-refractivity contribution in [2.45, 2.75) is 30.7 Å². The largest absolute Gasteiger partial charge is 0.315 e. The predicted octanol–water partition coefficient (Wildman–Crippen LogP) is 0.181. The lowest BCUT2D eigenvalue weighted by molar-refractivity contribution is 0.428. The average Bonchev–Trinajstić information content (AvgIpc) is 2.61. The van der Waals surface area contributed by atoms with E-state index in [1.54, 1.807) is 18.7 Å². The third-order valence-electron chi connectivity index (χ3n) is 3.10. The van der Waals surface area contributed by atoms with Crippen molar-refractivity contribution in [3.63, 3.8) is 0 Å². The van der Waals surface area contributed by atoms with Gasteiger partial charge in [-0.1, -0.05) is 0 Å². The van der Waals surface area contributed by atoms with Gasteiger partial charge in [0.05, 0.1) is 11.9 Å². The fourth-order valence-electron chi connectivity index (χ4n) is 1.98. The first kappa shape index (κ1) is 15.4. The highest BCUT2D eigenvalue weighted by atomic mass is 35.5. The zero-order valence-corrected chi connectivity index (χ0v) is 12.1. The van der Waals surface area contributed by atoms with E-state index in [9.17, 15) is 8.42 Å². The molecule has 0 saturated carbocycles. The highest BCUT2D eigenvalue weighted by molar-refractivity contribution is 7.89. The molecule has 6 nitrogen and oxygen atoms in total. The molecule has 1 saturated heterocycles. The van der Waals surface area contributed by atoms with E-state index >= 15 is 0 Å². The molecule has 2 heterocycles. The average molecular weight is 295 g/mol. The van der Waals surface area contributed by atoms with Crippen LogP contribution in [-0.2, 0) is 17.1 Å². The van der Waals surface area contributed by atoms with Crippen molar-refractivity contribution in [2.24, 2.45) is 7.05 Å². The van der Waals surface area contributed by atoms with Crippen LogP contribution in [0.25, 0.3) is 0 Å². The van der Waals surface area contributed by atoms with Crippen LogP contribution in [0.5, 0.6) is 0 Å². The molecule has 0 aromatic carbocycles. The summed E-state index contributed by atoms with van der Waals surface area (Å²) < 4.78 is 28.6. The van der Waals surface area contributed by atoms with Crippen LogP contribution in [0, 0.1) is 6.92 Å². The van der Waals surface area contributed by atoms with Crippen LogP contribution in [0.4, 0.5) is 0 Å². The van der Waals surface area contributed by atoms with E-state index in [2.05, 4.69) is 15.1 Å². The van der Waals surface area contributed by atoms with Crippen LogP contribution in [-0.4, -0.2) is 37.3 Å². The van der Waals surface area contributed by atoms with Crippen molar-refractivity contribution in [1.82, 2.24) is 19.8 Å². The first-order chi connectivity index (χ1) is 8.00. The summed E-state index contributed by atoms with van der Waals surface area (Å²) in [5.41, 5.74) is 0.654. The SMILES string of the molecule is Cc1c(S(=O)(=O)NC2CCCNC2)cnn1C.Cl. The van der Waals surface area contributed by atoms with E-state index < -0.39 is 10.0 Å². The zero-order chi connectivity index (χ0) is 12.5. The van der Waals surface area contributed by atoms with Gasteiger partial charge >= 0.3 is 0 Å². The highest BCUT2D eigenvalue weighted by Crippen LogP contribution is 2.14. The van der Waals surface area contributed by atoms with E-state index in [-0.39, 0.29) is 23.3 Å². The van der Waals surface area contributed by atoms with Gasteiger partial charge in [-0.3, -0.25) is 4.68 Å². The Bertz CT molecular complexity index is 494. The number of piperidine rings is 1.